The molecule has 0 radical (unpaired) electrons. The van der Waals surface area contributed by atoms with E-state index in [0.29, 0.717) is 11.7 Å². The van der Waals surface area contributed by atoms with Crippen LogP contribution in [0.15, 0.2) is 30.9 Å². The van der Waals surface area contributed by atoms with Crippen molar-refractivity contribution in [1.29, 1.82) is 0 Å². The maximum Gasteiger partial charge on any atom is 0.115 e. The average Bonchev–Trinajstić information content (AvgIpc) is 2.40. The molecule has 1 atom stereocenters. The Morgan fingerprint density at radius 3 is 3.12 bits per heavy atom. The topological polar surface area (TPSA) is 23.5 Å². The van der Waals surface area contributed by atoms with Crippen LogP contribution in [0, 0.1) is 0 Å². The number of hydrogen-bond donors (Lipinski definition) is 1. The van der Waals surface area contributed by atoms with Crippen molar-refractivity contribution in [1.82, 2.24) is 4.90 Å². The highest BCUT2D eigenvalue weighted by Gasteiger charge is 2.19. The second kappa shape index (κ2) is 4.71. The molecule has 86 valence electrons. The Labute approximate surface area is 97.2 Å². The SMILES string of the molecule is C=CCN1CCc2ccc(O)cc2C(C)C1. The summed E-state index contributed by atoms with van der Waals surface area (Å²) < 4.78 is 0. The zero-order valence-electron chi connectivity index (χ0n) is 9.82. The first-order chi connectivity index (χ1) is 7.70. The summed E-state index contributed by atoms with van der Waals surface area (Å²) in [6.07, 6.45) is 3.02. The van der Waals surface area contributed by atoms with E-state index in [0.717, 1.165) is 26.1 Å². The fourth-order valence-corrected chi connectivity index (χ4v) is 2.47. The lowest BCUT2D eigenvalue weighted by Gasteiger charge is -2.20. The van der Waals surface area contributed by atoms with Gasteiger partial charge >= 0.3 is 0 Å². The first kappa shape index (κ1) is 11.2. The molecule has 0 spiro atoms. The number of benzene rings is 1. The molecule has 2 nitrogen and oxygen atoms in total. The maximum atomic E-state index is 9.54. The molecule has 0 fully saturated rings. The van der Waals surface area contributed by atoms with E-state index in [1.165, 1.54) is 11.1 Å². The molecule has 0 bridgehead atoms. The minimum Gasteiger partial charge on any atom is -0.508 e. The van der Waals surface area contributed by atoms with Crippen LogP contribution in [0.4, 0.5) is 0 Å². The molecule has 1 aromatic rings. The van der Waals surface area contributed by atoms with Crippen molar-refractivity contribution in [2.24, 2.45) is 0 Å². The zero-order valence-corrected chi connectivity index (χ0v) is 9.82. The molecule has 0 saturated carbocycles. The molecule has 1 aromatic carbocycles. The van der Waals surface area contributed by atoms with E-state index in [-0.39, 0.29) is 0 Å². The van der Waals surface area contributed by atoms with Crippen LogP contribution in [0.25, 0.3) is 0 Å². The standard InChI is InChI=1S/C14H19NO/c1-3-7-15-8-6-12-4-5-13(16)9-14(12)11(2)10-15/h3-5,9,11,16H,1,6-8,10H2,2H3. The highest BCUT2D eigenvalue weighted by atomic mass is 16.3. The number of aromatic hydroxyl groups is 1. The van der Waals surface area contributed by atoms with Crippen LogP contribution in [0.3, 0.4) is 0 Å². The number of hydrogen-bond acceptors (Lipinski definition) is 2. The van der Waals surface area contributed by atoms with Gasteiger partial charge in [0.1, 0.15) is 5.75 Å². The van der Waals surface area contributed by atoms with E-state index in [1.54, 1.807) is 6.07 Å². The van der Waals surface area contributed by atoms with Crippen molar-refractivity contribution in [3.05, 3.63) is 42.0 Å². The van der Waals surface area contributed by atoms with E-state index in [1.807, 2.05) is 12.1 Å². The van der Waals surface area contributed by atoms with Gasteiger partial charge in [0.05, 0.1) is 0 Å². The van der Waals surface area contributed by atoms with Gasteiger partial charge in [-0.05, 0) is 35.6 Å². The summed E-state index contributed by atoms with van der Waals surface area (Å²) in [6, 6.07) is 5.75. The zero-order chi connectivity index (χ0) is 11.5. The molecule has 1 heterocycles. The largest absolute Gasteiger partial charge is 0.508 e. The van der Waals surface area contributed by atoms with Crippen molar-refractivity contribution < 1.29 is 5.11 Å². The molecule has 1 unspecified atom stereocenters. The molecule has 0 saturated heterocycles. The Kier molecular flexibility index (Phi) is 3.30. The molecule has 0 aromatic heterocycles. The van der Waals surface area contributed by atoms with Crippen LogP contribution in [-0.2, 0) is 6.42 Å². The highest BCUT2D eigenvalue weighted by molar-refractivity contribution is 5.38. The molecule has 0 amide bonds. The van der Waals surface area contributed by atoms with Crippen LogP contribution in [0.1, 0.15) is 24.0 Å². The molecular formula is C14H19NO. The van der Waals surface area contributed by atoms with Crippen LogP contribution in [0.2, 0.25) is 0 Å². The minimum absolute atomic E-state index is 0.378. The van der Waals surface area contributed by atoms with Gasteiger partial charge in [-0.3, -0.25) is 4.90 Å². The monoisotopic (exact) mass is 217 g/mol. The normalized spacial score (nSPS) is 21.2. The predicted molar refractivity (Wildman–Crippen MR) is 66.9 cm³/mol. The molecule has 16 heavy (non-hydrogen) atoms. The third-order valence-corrected chi connectivity index (χ3v) is 3.28. The molecule has 1 N–H and O–H groups in total. The van der Waals surface area contributed by atoms with Crippen LogP contribution < -0.4 is 0 Å². The molecule has 1 aliphatic heterocycles. The first-order valence-electron chi connectivity index (χ1n) is 5.85. The smallest absolute Gasteiger partial charge is 0.115 e. The van der Waals surface area contributed by atoms with E-state index >= 15 is 0 Å². The Morgan fingerprint density at radius 2 is 2.38 bits per heavy atom. The van der Waals surface area contributed by atoms with Crippen molar-refractivity contribution in [2.75, 3.05) is 19.6 Å². The fraction of sp³-hybridized carbons (Fsp3) is 0.429. The summed E-state index contributed by atoms with van der Waals surface area (Å²) >= 11 is 0. The number of fused-ring (bicyclic) bond motifs is 1. The fourth-order valence-electron chi connectivity index (χ4n) is 2.47. The molecule has 1 aliphatic rings. The molecule has 2 heteroatoms. The van der Waals surface area contributed by atoms with Gasteiger partial charge in [0.25, 0.3) is 0 Å². The van der Waals surface area contributed by atoms with Crippen LogP contribution in [-0.4, -0.2) is 29.6 Å². The van der Waals surface area contributed by atoms with Crippen molar-refractivity contribution >= 4 is 0 Å². The van der Waals surface area contributed by atoms with E-state index in [4.69, 9.17) is 0 Å². The van der Waals surface area contributed by atoms with Crippen LogP contribution in [0.5, 0.6) is 5.75 Å². The minimum atomic E-state index is 0.378. The lowest BCUT2D eigenvalue weighted by atomic mass is 9.95. The van der Waals surface area contributed by atoms with E-state index in [9.17, 15) is 5.11 Å². The summed E-state index contributed by atoms with van der Waals surface area (Å²) in [6.45, 7) is 9.08. The number of phenols is 1. The summed E-state index contributed by atoms with van der Waals surface area (Å²) in [5, 5.41) is 9.54. The predicted octanol–water partition coefficient (Wildman–Crippen LogP) is 2.54. The van der Waals surface area contributed by atoms with Gasteiger partial charge in [0, 0.05) is 19.6 Å². The lowest BCUT2D eigenvalue weighted by Crippen LogP contribution is -2.27. The van der Waals surface area contributed by atoms with E-state index < -0.39 is 0 Å². The summed E-state index contributed by atoms with van der Waals surface area (Å²) in [7, 11) is 0. The quantitative estimate of drug-likeness (QED) is 0.769. The second-order valence-electron chi connectivity index (χ2n) is 4.58. The Balaban J connectivity index is 2.25. The van der Waals surface area contributed by atoms with Gasteiger partial charge in [-0.1, -0.05) is 19.1 Å². The van der Waals surface area contributed by atoms with Gasteiger partial charge in [0.2, 0.25) is 0 Å². The van der Waals surface area contributed by atoms with Crippen molar-refractivity contribution in [2.45, 2.75) is 19.3 Å². The van der Waals surface area contributed by atoms with E-state index in [2.05, 4.69) is 24.5 Å². The summed E-state index contributed by atoms with van der Waals surface area (Å²) in [4.78, 5) is 2.41. The Bertz CT molecular complexity index is 386. The summed E-state index contributed by atoms with van der Waals surface area (Å²) in [5.74, 6) is 0.854. The Hall–Kier alpha value is -1.28. The number of phenolic OH excluding ortho intramolecular Hbond substituents is 1. The van der Waals surface area contributed by atoms with Crippen molar-refractivity contribution in [3.63, 3.8) is 0 Å². The average molecular weight is 217 g/mol. The van der Waals surface area contributed by atoms with Crippen molar-refractivity contribution in [3.8, 4) is 5.75 Å². The molecule has 0 aliphatic carbocycles. The van der Waals surface area contributed by atoms with Crippen LogP contribution >= 0.6 is 0 Å². The molecule has 2 rings (SSSR count). The van der Waals surface area contributed by atoms with Gasteiger partial charge in [-0.15, -0.1) is 6.58 Å². The van der Waals surface area contributed by atoms with Gasteiger partial charge in [-0.2, -0.15) is 0 Å². The first-order valence-corrected chi connectivity index (χ1v) is 5.85. The molecular weight excluding hydrogens is 198 g/mol. The number of rotatable bonds is 2. The van der Waals surface area contributed by atoms with Gasteiger partial charge < -0.3 is 5.11 Å². The Morgan fingerprint density at radius 1 is 1.56 bits per heavy atom. The second-order valence-corrected chi connectivity index (χ2v) is 4.58. The number of nitrogens with zero attached hydrogens (tertiary/aromatic N) is 1. The summed E-state index contributed by atoms with van der Waals surface area (Å²) in [5.41, 5.74) is 2.67. The van der Waals surface area contributed by atoms with Gasteiger partial charge in [-0.25, -0.2) is 0 Å². The third-order valence-electron chi connectivity index (χ3n) is 3.28. The van der Waals surface area contributed by atoms with Gasteiger partial charge in [0.15, 0.2) is 0 Å². The highest BCUT2D eigenvalue weighted by Crippen LogP contribution is 2.28. The lowest BCUT2D eigenvalue weighted by molar-refractivity contribution is 0.301. The maximum absolute atomic E-state index is 9.54. The third kappa shape index (κ3) is 2.27.